The highest BCUT2D eigenvalue weighted by molar-refractivity contribution is 7.82. The van der Waals surface area contributed by atoms with E-state index in [1.54, 1.807) is 0 Å². The number of hydrogen-bond acceptors (Lipinski definition) is 8. The van der Waals surface area contributed by atoms with E-state index in [0.29, 0.717) is 4.24 Å². The molecule has 0 spiro atoms. The van der Waals surface area contributed by atoms with Crippen LogP contribution in [0.25, 0.3) is 0 Å². The Labute approximate surface area is 141 Å². The van der Waals surface area contributed by atoms with Crippen molar-refractivity contribution in [2.45, 2.75) is 24.5 Å². The minimum atomic E-state index is -3.19. The number of aliphatic hydroxyl groups excluding tert-OH is 1. The highest BCUT2D eigenvalue weighted by Crippen LogP contribution is 2.32. The van der Waals surface area contributed by atoms with Gasteiger partial charge in [-0.3, -0.25) is 23.7 Å². The van der Waals surface area contributed by atoms with Gasteiger partial charge in [-0.15, -0.1) is 0 Å². The Morgan fingerprint density at radius 1 is 1.58 bits per heavy atom. The van der Waals surface area contributed by atoms with Gasteiger partial charge in [0.25, 0.3) is 13.7 Å². The lowest BCUT2D eigenvalue weighted by atomic mass is 10.1. The van der Waals surface area contributed by atoms with Crippen LogP contribution in [-0.4, -0.2) is 48.7 Å². The molecule has 0 aromatic carbocycles. The van der Waals surface area contributed by atoms with Crippen molar-refractivity contribution < 1.29 is 28.9 Å². The molecule has 132 valence electrons. The Morgan fingerprint density at radius 3 is 2.88 bits per heavy atom. The molecule has 13 heteroatoms. The van der Waals surface area contributed by atoms with Crippen LogP contribution in [0.5, 0.6) is 0 Å². The number of aliphatic hydroxyl groups is 1. The van der Waals surface area contributed by atoms with E-state index in [0.717, 1.165) is 16.8 Å². The van der Waals surface area contributed by atoms with E-state index in [2.05, 4.69) is 12.8 Å². The number of ether oxygens (including phenoxy) is 2. The molecule has 2 rings (SSSR count). The van der Waals surface area contributed by atoms with Crippen molar-refractivity contribution in [1.82, 2.24) is 13.8 Å². The number of terminal acetylenes is 1. The van der Waals surface area contributed by atoms with Crippen molar-refractivity contribution in [2.24, 2.45) is 0 Å². The molecule has 0 saturated carbocycles. The third-order valence-corrected chi connectivity index (χ3v) is 4.25. The van der Waals surface area contributed by atoms with Crippen molar-refractivity contribution in [3.05, 3.63) is 33.1 Å². The van der Waals surface area contributed by atoms with Crippen molar-refractivity contribution >= 4 is 21.0 Å². The predicted molar refractivity (Wildman–Crippen MR) is 82.9 cm³/mol. The lowest BCUT2D eigenvalue weighted by Crippen LogP contribution is -2.38. The van der Waals surface area contributed by atoms with Crippen molar-refractivity contribution in [3.63, 3.8) is 0 Å². The molecule has 1 aromatic rings. The van der Waals surface area contributed by atoms with E-state index < -0.39 is 44.0 Å². The molecule has 2 heterocycles. The first kappa shape index (κ1) is 18.8. The maximum atomic E-state index is 11.9. The van der Waals surface area contributed by atoms with Crippen LogP contribution in [0.2, 0.25) is 0 Å². The molecular weight excluding hydrogens is 365 g/mol. The second-order valence-electron chi connectivity index (χ2n) is 4.62. The zero-order chi connectivity index (χ0) is 17.9. The largest absolute Gasteiger partial charge is 0.436 e. The van der Waals surface area contributed by atoms with Gasteiger partial charge >= 0.3 is 5.69 Å². The van der Waals surface area contributed by atoms with E-state index in [1.165, 1.54) is 0 Å². The minimum absolute atomic E-state index is 0.360. The lowest BCUT2D eigenvalue weighted by molar-refractivity contribution is -0.106. The van der Waals surface area contributed by atoms with Gasteiger partial charge in [0.05, 0.1) is 6.61 Å². The number of thiol groups is 1. The van der Waals surface area contributed by atoms with Crippen molar-refractivity contribution in [2.75, 3.05) is 6.61 Å². The zero-order valence-corrected chi connectivity index (χ0v) is 13.8. The molecule has 1 aromatic heterocycles. The number of H-pyrrole nitrogens is 1. The number of aromatic nitrogens is 2. The highest BCUT2D eigenvalue weighted by atomic mass is 32.1. The molecule has 0 bridgehead atoms. The predicted octanol–water partition coefficient (Wildman–Crippen LogP) is -1.77. The average molecular weight is 379 g/mol. The summed E-state index contributed by atoms with van der Waals surface area (Å²) in [7, 11) is -3.19. The second kappa shape index (κ2) is 8.00. The Hall–Kier alpha value is -1.58. The van der Waals surface area contributed by atoms with E-state index in [9.17, 15) is 19.3 Å². The quantitative estimate of drug-likeness (QED) is 0.195. The monoisotopic (exact) mass is 379 g/mol. The van der Waals surface area contributed by atoms with Gasteiger partial charge < -0.3 is 19.5 Å². The maximum absolute atomic E-state index is 11.9. The molecule has 11 nitrogen and oxygen atoms in total. The zero-order valence-electron chi connectivity index (χ0n) is 11.9. The topological polar surface area (TPSA) is 143 Å². The average Bonchev–Trinajstić information content (AvgIpc) is 2.82. The van der Waals surface area contributed by atoms with Gasteiger partial charge in [0.15, 0.2) is 12.3 Å². The minimum Gasteiger partial charge on any atom is -0.436 e. The molecule has 1 aliphatic rings. The summed E-state index contributed by atoms with van der Waals surface area (Å²) in [6.07, 6.45) is 3.50. The molecule has 1 aliphatic heterocycles. The third kappa shape index (κ3) is 4.08. The standard InChI is InChI=1S/C11H14N3O8PS/c1-2-20-9-8(16)6(5-21-14(24)23(18)19)22-10(9)13-4-3-7(15)12-11(13)17/h1,3-4,6,8-10,16,23-24H,5H2,(H,18,19)(H,12,15,17)/t6-,8?,9?,10-/m0/s1. The Balaban J connectivity index is 2.21. The van der Waals surface area contributed by atoms with Crippen LogP contribution in [0.3, 0.4) is 0 Å². The van der Waals surface area contributed by atoms with Crippen LogP contribution >= 0.6 is 21.0 Å². The highest BCUT2D eigenvalue weighted by Gasteiger charge is 2.47. The first-order valence-electron chi connectivity index (χ1n) is 6.46. The summed E-state index contributed by atoms with van der Waals surface area (Å²) in [4.78, 5) is 38.7. The van der Waals surface area contributed by atoms with Gasteiger partial charge in [0.1, 0.15) is 18.3 Å². The van der Waals surface area contributed by atoms with Gasteiger partial charge in [0.2, 0.25) is 0 Å². The molecule has 3 unspecified atom stereocenters. The number of nitrogens with zero attached hydrogens (tertiary/aromatic N) is 2. The summed E-state index contributed by atoms with van der Waals surface area (Å²) in [5.41, 5.74) is -1.40. The number of aromatic amines is 1. The molecule has 0 aliphatic carbocycles. The third-order valence-electron chi connectivity index (χ3n) is 3.17. The van der Waals surface area contributed by atoms with Gasteiger partial charge in [-0.2, -0.15) is 0 Å². The van der Waals surface area contributed by atoms with Crippen LogP contribution in [0.15, 0.2) is 21.9 Å². The molecule has 1 saturated heterocycles. The first-order chi connectivity index (χ1) is 11.3. The van der Waals surface area contributed by atoms with Gasteiger partial charge in [-0.05, 0) is 0 Å². The van der Waals surface area contributed by atoms with E-state index in [1.807, 2.05) is 11.1 Å². The van der Waals surface area contributed by atoms with Gasteiger partial charge in [0, 0.05) is 12.3 Å². The van der Waals surface area contributed by atoms with E-state index in [4.69, 9.17) is 25.6 Å². The summed E-state index contributed by atoms with van der Waals surface area (Å²) in [5.74, 6) is 0. The first-order valence-corrected chi connectivity index (χ1v) is 8.16. The Morgan fingerprint density at radius 2 is 2.29 bits per heavy atom. The number of rotatable bonds is 6. The molecule has 0 radical (unpaired) electrons. The van der Waals surface area contributed by atoms with Gasteiger partial charge in [-0.25, -0.2) is 4.79 Å². The summed E-state index contributed by atoms with van der Waals surface area (Å²) in [5, 5.41) is 10.2. The maximum Gasteiger partial charge on any atom is 0.330 e. The van der Waals surface area contributed by atoms with E-state index >= 15 is 0 Å². The van der Waals surface area contributed by atoms with Crippen molar-refractivity contribution in [1.29, 1.82) is 0 Å². The molecule has 3 N–H and O–H groups in total. The Bertz CT molecular complexity index is 761. The summed E-state index contributed by atoms with van der Waals surface area (Å²) in [6, 6.07) is 1.08. The number of nitrogens with one attached hydrogen (secondary N) is 1. The van der Waals surface area contributed by atoms with Gasteiger partial charge in [-0.1, -0.05) is 23.5 Å². The normalized spacial score (nSPS) is 27.8. The summed E-state index contributed by atoms with van der Waals surface area (Å²) in [6.45, 7) is -0.360. The van der Waals surface area contributed by atoms with Crippen LogP contribution < -0.4 is 11.2 Å². The smallest absolute Gasteiger partial charge is 0.330 e. The fraction of sp³-hybridized carbons (Fsp3) is 0.455. The van der Waals surface area contributed by atoms with Crippen LogP contribution in [0.1, 0.15) is 6.23 Å². The van der Waals surface area contributed by atoms with Crippen LogP contribution in [0.4, 0.5) is 0 Å². The van der Waals surface area contributed by atoms with Crippen LogP contribution in [0, 0.1) is 12.5 Å². The number of hydrogen-bond donors (Lipinski definition) is 4. The second-order valence-corrected chi connectivity index (χ2v) is 6.34. The molecule has 1 fully saturated rings. The Kier molecular flexibility index (Phi) is 6.25. The lowest BCUT2D eigenvalue weighted by Gasteiger charge is -2.19. The fourth-order valence-electron chi connectivity index (χ4n) is 2.11. The summed E-state index contributed by atoms with van der Waals surface area (Å²) < 4.78 is 22.6. The molecular formula is C11H14N3O8PS. The van der Waals surface area contributed by atoms with Crippen molar-refractivity contribution in [3.8, 4) is 12.5 Å². The summed E-state index contributed by atoms with van der Waals surface area (Å²) >= 11 is 3.61. The van der Waals surface area contributed by atoms with E-state index in [-0.39, 0.29) is 6.61 Å². The molecule has 5 atom stereocenters. The van der Waals surface area contributed by atoms with Crippen LogP contribution in [-0.2, 0) is 18.9 Å². The fourth-order valence-corrected chi connectivity index (χ4v) is 2.36. The molecule has 0 amide bonds. The molecule has 24 heavy (non-hydrogen) atoms. The SMILES string of the molecule is C#COC1C(O)[C@H](CON(S)[PH](=O)O)O[C@@H]1n1ccc(=O)[nH]c1=O.